The molecule has 0 radical (unpaired) electrons. The number of halogens is 2. The van der Waals surface area contributed by atoms with Gasteiger partial charge < -0.3 is 5.73 Å². The standard InChI is InChI=1S/C11H11F2N5O2/c1-5(2)9-11(14)15-16-17(9)10-7(18(19)20)4-3-6(12)8(10)13/h3-5H,14H2,1-2H3. The van der Waals surface area contributed by atoms with Crippen LogP contribution in [0.25, 0.3) is 5.69 Å². The van der Waals surface area contributed by atoms with E-state index in [1.807, 2.05) is 0 Å². The fraction of sp³-hybridized carbons (Fsp3) is 0.273. The summed E-state index contributed by atoms with van der Waals surface area (Å²) in [4.78, 5) is 10.2. The summed E-state index contributed by atoms with van der Waals surface area (Å²) in [6, 6.07) is 1.56. The van der Waals surface area contributed by atoms with Crippen LogP contribution in [0.1, 0.15) is 25.5 Å². The minimum absolute atomic E-state index is 0.0120. The average Bonchev–Trinajstić information content (AvgIpc) is 2.73. The van der Waals surface area contributed by atoms with Gasteiger partial charge in [-0.15, -0.1) is 5.10 Å². The van der Waals surface area contributed by atoms with Gasteiger partial charge in [0.05, 0.1) is 10.6 Å². The van der Waals surface area contributed by atoms with E-state index < -0.39 is 27.9 Å². The number of nitrogen functional groups attached to an aromatic ring is 1. The summed E-state index contributed by atoms with van der Waals surface area (Å²) >= 11 is 0. The van der Waals surface area contributed by atoms with Gasteiger partial charge in [0.1, 0.15) is 0 Å². The molecule has 0 unspecified atom stereocenters. The first kappa shape index (κ1) is 13.8. The average molecular weight is 283 g/mol. The van der Waals surface area contributed by atoms with Crippen molar-refractivity contribution in [3.05, 3.63) is 39.6 Å². The zero-order valence-electron chi connectivity index (χ0n) is 10.7. The van der Waals surface area contributed by atoms with Crippen LogP contribution in [0.3, 0.4) is 0 Å². The number of nitro groups is 1. The Balaban J connectivity index is 2.82. The molecule has 0 amide bonds. The van der Waals surface area contributed by atoms with Crippen LogP contribution in [0, 0.1) is 21.7 Å². The highest BCUT2D eigenvalue weighted by atomic mass is 19.2. The molecule has 0 saturated heterocycles. The van der Waals surface area contributed by atoms with Crippen molar-refractivity contribution < 1.29 is 13.7 Å². The Labute approximate surface area is 112 Å². The van der Waals surface area contributed by atoms with Crippen molar-refractivity contribution in [1.29, 1.82) is 0 Å². The third-order valence-electron chi connectivity index (χ3n) is 2.74. The number of hydrogen-bond donors (Lipinski definition) is 1. The molecular weight excluding hydrogens is 272 g/mol. The topological polar surface area (TPSA) is 99.9 Å². The normalized spacial score (nSPS) is 11.1. The number of nitrogens with two attached hydrogens (primary N) is 1. The lowest BCUT2D eigenvalue weighted by Gasteiger charge is -2.10. The van der Waals surface area contributed by atoms with Crippen LogP contribution in [0.2, 0.25) is 0 Å². The quantitative estimate of drug-likeness (QED) is 0.687. The Kier molecular flexibility index (Phi) is 3.35. The summed E-state index contributed by atoms with van der Waals surface area (Å²) in [5.41, 5.74) is 4.67. The highest BCUT2D eigenvalue weighted by Crippen LogP contribution is 2.31. The van der Waals surface area contributed by atoms with Gasteiger partial charge in [-0.25, -0.2) is 13.5 Å². The smallest absolute Gasteiger partial charge is 0.298 e. The molecule has 20 heavy (non-hydrogen) atoms. The van der Waals surface area contributed by atoms with Gasteiger partial charge in [-0.05, 0) is 12.0 Å². The predicted octanol–water partition coefficient (Wildman–Crippen LogP) is 2.16. The fourth-order valence-electron chi connectivity index (χ4n) is 1.88. The van der Waals surface area contributed by atoms with Crippen molar-refractivity contribution in [2.45, 2.75) is 19.8 Å². The third-order valence-corrected chi connectivity index (χ3v) is 2.74. The monoisotopic (exact) mass is 283 g/mol. The van der Waals surface area contributed by atoms with E-state index in [-0.39, 0.29) is 17.4 Å². The number of nitro benzene ring substituents is 1. The molecule has 0 aliphatic rings. The van der Waals surface area contributed by atoms with Crippen molar-refractivity contribution in [3.8, 4) is 5.69 Å². The van der Waals surface area contributed by atoms with E-state index >= 15 is 0 Å². The number of hydrogen-bond acceptors (Lipinski definition) is 5. The molecule has 0 atom stereocenters. The number of anilines is 1. The van der Waals surface area contributed by atoms with Gasteiger partial charge >= 0.3 is 0 Å². The number of benzene rings is 1. The molecule has 1 heterocycles. The van der Waals surface area contributed by atoms with Gasteiger partial charge in [0, 0.05) is 6.07 Å². The first-order chi connectivity index (χ1) is 9.34. The maximum Gasteiger partial charge on any atom is 0.298 e. The molecule has 0 saturated carbocycles. The van der Waals surface area contributed by atoms with E-state index in [1.165, 1.54) is 0 Å². The Morgan fingerprint density at radius 1 is 1.40 bits per heavy atom. The molecule has 0 spiro atoms. The molecule has 1 aromatic carbocycles. The van der Waals surface area contributed by atoms with E-state index in [2.05, 4.69) is 10.3 Å². The van der Waals surface area contributed by atoms with E-state index in [9.17, 15) is 18.9 Å². The van der Waals surface area contributed by atoms with Gasteiger partial charge in [-0.3, -0.25) is 10.1 Å². The van der Waals surface area contributed by atoms with Crippen molar-refractivity contribution >= 4 is 11.5 Å². The number of nitrogens with zero attached hydrogens (tertiary/aromatic N) is 4. The first-order valence-electron chi connectivity index (χ1n) is 5.68. The molecule has 1 aromatic heterocycles. The molecule has 0 bridgehead atoms. The van der Waals surface area contributed by atoms with Crippen molar-refractivity contribution in [2.75, 3.05) is 5.73 Å². The third kappa shape index (κ3) is 2.06. The Bertz CT molecular complexity index is 684. The second-order valence-corrected chi connectivity index (χ2v) is 4.41. The van der Waals surface area contributed by atoms with Gasteiger partial charge in [0.15, 0.2) is 23.1 Å². The SMILES string of the molecule is CC(C)c1c(N)nnn1-c1c([N+](=O)[O-])ccc(F)c1F. The minimum Gasteiger partial charge on any atom is -0.381 e. The van der Waals surface area contributed by atoms with Crippen LogP contribution in [0.5, 0.6) is 0 Å². The Hall–Kier alpha value is -2.58. The molecule has 2 rings (SSSR count). The summed E-state index contributed by atoms with van der Waals surface area (Å²) in [5.74, 6) is -2.80. The molecule has 0 aliphatic carbocycles. The highest BCUT2D eigenvalue weighted by molar-refractivity contribution is 5.55. The van der Waals surface area contributed by atoms with E-state index in [0.29, 0.717) is 6.07 Å². The summed E-state index contributed by atoms with van der Waals surface area (Å²) in [7, 11) is 0. The number of aromatic nitrogens is 3. The van der Waals surface area contributed by atoms with Gasteiger partial charge in [-0.1, -0.05) is 19.1 Å². The maximum atomic E-state index is 14.0. The van der Waals surface area contributed by atoms with Crippen LogP contribution >= 0.6 is 0 Å². The van der Waals surface area contributed by atoms with Crippen LogP contribution in [0.4, 0.5) is 20.3 Å². The molecular formula is C11H11F2N5O2. The summed E-state index contributed by atoms with van der Waals surface area (Å²) < 4.78 is 28.2. The zero-order valence-corrected chi connectivity index (χ0v) is 10.7. The summed E-state index contributed by atoms with van der Waals surface area (Å²) in [6.07, 6.45) is 0. The molecule has 2 N–H and O–H groups in total. The molecule has 106 valence electrons. The lowest BCUT2D eigenvalue weighted by Crippen LogP contribution is -2.11. The number of rotatable bonds is 3. The van der Waals surface area contributed by atoms with Gasteiger partial charge in [0.2, 0.25) is 0 Å². The van der Waals surface area contributed by atoms with Crippen LogP contribution in [-0.2, 0) is 0 Å². The molecule has 0 fully saturated rings. The molecule has 9 heteroatoms. The van der Waals surface area contributed by atoms with E-state index in [4.69, 9.17) is 5.73 Å². The zero-order chi connectivity index (χ0) is 15.0. The van der Waals surface area contributed by atoms with Crippen LogP contribution in [0.15, 0.2) is 12.1 Å². The van der Waals surface area contributed by atoms with Gasteiger partial charge in [0.25, 0.3) is 5.69 Å². The van der Waals surface area contributed by atoms with Crippen molar-refractivity contribution in [2.24, 2.45) is 0 Å². The second-order valence-electron chi connectivity index (χ2n) is 4.41. The van der Waals surface area contributed by atoms with Crippen molar-refractivity contribution in [3.63, 3.8) is 0 Å². The largest absolute Gasteiger partial charge is 0.381 e. The lowest BCUT2D eigenvalue weighted by molar-refractivity contribution is -0.384. The van der Waals surface area contributed by atoms with E-state index in [0.717, 1.165) is 10.7 Å². The summed E-state index contributed by atoms with van der Waals surface area (Å²) in [6.45, 7) is 3.46. The lowest BCUT2D eigenvalue weighted by atomic mass is 10.1. The maximum absolute atomic E-state index is 14.0. The molecule has 0 aliphatic heterocycles. The van der Waals surface area contributed by atoms with Crippen LogP contribution < -0.4 is 5.73 Å². The Morgan fingerprint density at radius 3 is 2.60 bits per heavy atom. The second kappa shape index (κ2) is 4.83. The molecule has 7 nitrogen and oxygen atoms in total. The van der Waals surface area contributed by atoms with Crippen molar-refractivity contribution in [1.82, 2.24) is 15.0 Å². The fourth-order valence-corrected chi connectivity index (χ4v) is 1.88. The molecule has 2 aromatic rings. The highest BCUT2D eigenvalue weighted by Gasteiger charge is 2.27. The Morgan fingerprint density at radius 2 is 2.05 bits per heavy atom. The first-order valence-corrected chi connectivity index (χ1v) is 5.68. The van der Waals surface area contributed by atoms with E-state index in [1.54, 1.807) is 13.8 Å². The summed E-state index contributed by atoms with van der Waals surface area (Å²) in [5, 5.41) is 18.1. The minimum atomic E-state index is -1.37. The predicted molar refractivity (Wildman–Crippen MR) is 66.4 cm³/mol. The van der Waals surface area contributed by atoms with Gasteiger partial charge in [-0.2, -0.15) is 0 Å². The van der Waals surface area contributed by atoms with Crippen LogP contribution in [-0.4, -0.2) is 19.9 Å².